The summed E-state index contributed by atoms with van der Waals surface area (Å²) in [5, 5.41) is 3.13. The standard InChI is InChI=1S/C25H21FN2O2/c1-17-6-5-9-21(16-17)27-23-22(19-10-12-20(26)13-11-19)24(29)28(25(23)30)15-14-18-7-3-2-4-8-18/h2-13,16,27H,14-15H2,1H3. The van der Waals surface area contributed by atoms with Crippen LogP contribution < -0.4 is 5.32 Å². The molecule has 1 aliphatic heterocycles. The van der Waals surface area contributed by atoms with Crippen LogP contribution in [0.4, 0.5) is 10.1 Å². The van der Waals surface area contributed by atoms with Crippen LogP contribution in [0.25, 0.3) is 5.57 Å². The van der Waals surface area contributed by atoms with Crippen LogP contribution in [0.1, 0.15) is 16.7 Å². The summed E-state index contributed by atoms with van der Waals surface area (Å²) in [4.78, 5) is 27.6. The highest BCUT2D eigenvalue weighted by Crippen LogP contribution is 2.31. The van der Waals surface area contributed by atoms with Gasteiger partial charge < -0.3 is 5.32 Å². The molecule has 5 heteroatoms. The van der Waals surface area contributed by atoms with Crippen LogP contribution in [0.2, 0.25) is 0 Å². The van der Waals surface area contributed by atoms with Gasteiger partial charge in [-0.25, -0.2) is 4.39 Å². The minimum absolute atomic E-state index is 0.213. The summed E-state index contributed by atoms with van der Waals surface area (Å²) in [5.74, 6) is -1.15. The Morgan fingerprint density at radius 2 is 1.60 bits per heavy atom. The van der Waals surface area contributed by atoms with Gasteiger partial charge in [0.15, 0.2) is 0 Å². The maximum absolute atomic E-state index is 13.4. The predicted octanol–water partition coefficient (Wildman–Crippen LogP) is 4.57. The molecule has 0 unspecified atom stereocenters. The van der Waals surface area contributed by atoms with E-state index >= 15 is 0 Å². The maximum atomic E-state index is 13.4. The fraction of sp³-hybridized carbons (Fsp3) is 0.120. The normalized spacial score (nSPS) is 13.9. The number of anilines is 1. The monoisotopic (exact) mass is 400 g/mol. The Bertz CT molecular complexity index is 1120. The molecular weight excluding hydrogens is 379 g/mol. The molecule has 0 aliphatic carbocycles. The number of amides is 2. The summed E-state index contributed by atoms with van der Waals surface area (Å²) < 4.78 is 13.4. The van der Waals surface area contributed by atoms with Crippen molar-refractivity contribution in [3.05, 3.63) is 107 Å². The van der Waals surface area contributed by atoms with Crippen LogP contribution in [0.5, 0.6) is 0 Å². The molecule has 1 N–H and O–H groups in total. The minimum atomic E-state index is -0.398. The second kappa shape index (κ2) is 8.33. The van der Waals surface area contributed by atoms with Gasteiger partial charge in [-0.3, -0.25) is 14.5 Å². The Morgan fingerprint density at radius 3 is 2.30 bits per heavy atom. The van der Waals surface area contributed by atoms with E-state index in [4.69, 9.17) is 0 Å². The maximum Gasteiger partial charge on any atom is 0.278 e. The second-order valence-corrected chi connectivity index (χ2v) is 7.25. The van der Waals surface area contributed by atoms with Crippen molar-refractivity contribution >= 4 is 23.1 Å². The van der Waals surface area contributed by atoms with Gasteiger partial charge in [-0.05, 0) is 54.3 Å². The number of benzene rings is 3. The van der Waals surface area contributed by atoms with Crippen molar-refractivity contribution in [2.45, 2.75) is 13.3 Å². The van der Waals surface area contributed by atoms with E-state index in [-0.39, 0.29) is 29.6 Å². The SMILES string of the molecule is Cc1cccc(NC2=C(c3ccc(F)cc3)C(=O)N(CCc3ccccc3)C2=O)c1. The average Bonchev–Trinajstić information content (AvgIpc) is 2.97. The molecular formula is C25H21FN2O2. The van der Waals surface area contributed by atoms with Gasteiger partial charge in [0.1, 0.15) is 11.5 Å². The fourth-order valence-corrected chi connectivity index (χ4v) is 3.53. The molecule has 0 spiro atoms. The zero-order chi connectivity index (χ0) is 21.1. The molecule has 0 atom stereocenters. The molecule has 30 heavy (non-hydrogen) atoms. The largest absolute Gasteiger partial charge is 0.350 e. The number of carbonyl (C=O) groups is 2. The Kier molecular flexibility index (Phi) is 5.44. The van der Waals surface area contributed by atoms with E-state index in [1.165, 1.54) is 29.2 Å². The summed E-state index contributed by atoms with van der Waals surface area (Å²) in [6, 6.07) is 22.9. The molecule has 4 nitrogen and oxygen atoms in total. The van der Waals surface area contributed by atoms with Crippen LogP contribution in [-0.4, -0.2) is 23.3 Å². The lowest BCUT2D eigenvalue weighted by atomic mass is 10.0. The van der Waals surface area contributed by atoms with E-state index in [1.54, 1.807) is 0 Å². The lowest BCUT2D eigenvalue weighted by molar-refractivity contribution is -0.136. The van der Waals surface area contributed by atoms with Crippen molar-refractivity contribution in [2.24, 2.45) is 0 Å². The lowest BCUT2D eigenvalue weighted by Gasteiger charge is -2.15. The number of hydrogen-bond acceptors (Lipinski definition) is 3. The van der Waals surface area contributed by atoms with E-state index in [0.29, 0.717) is 12.0 Å². The number of nitrogens with one attached hydrogen (secondary N) is 1. The molecule has 1 heterocycles. The number of hydrogen-bond donors (Lipinski definition) is 1. The van der Waals surface area contributed by atoms with Crippen LogP contribution >= 0.6 is 0 Å². The van der Waals surface area contributed by atoms with Crippen molar-refractivity contribution in [2.75, 3.05) is 11.9 Å². The molecule has 0 radical (unpaired) electrons. The first-order valence-corrected chi connectivity index (χ1v) is 9.77. The first-order valence-electron chi connectivity index (χ1n) is 9.77. The van der Waals surface area contributed by atoms with E-state index in [0.717, 1.165) is 16.8 Å². The van der Waals surface area contributed by atoms with Gasteiger partial charge in [-0.15, -0.1) is 0 Å². The number of carbonyl (C=O) groups excluding carboxylic acids is 2. The highest BCUT2D eigenvalue weighted by molar-refractivity contribution is 6.36. The summed E-state index contributed by atoms with van der Waals surface area (Å²) in [5.41, 5.74) is 3.77. The Morgan fingerprint density at radius 1 is 0.867 bits per heavy atom. The lowest BCUT2D eigenvalue weighted by Crippen LogP contribution is -2.34. The molecule has 0 saturated carbocycles. The fourth-order valence-electron chi connectivity index (χ4n) is 3.53. The quantitative estimate of drug-likeness (QED) is 0.617. The number of rotatable bonds is 6. The summed E-state index contributed by atoms with van der Waals surface area (Å²) in [7, 11) is 0. The third-order valence-electron chi connectivity index (χ3n) is 5.06. The van der Waals surface area contributed by atoms with Crippen molar-refractivity contribution in [3.8, 4) is 0 Å². The zero-order valence-corrected chi connectivity index (χ0v) is 16.6. The second-order valence-electron chi connectivity index (χ2n) is 7.25. The molecule has 3 aromatic carbocycles. The van der Waals surface area contributed by atoms with Crippen molar-refractivity contribution in [1.29, 1.82) is 0 Å². The van der Waals surface area contributed by atoms with Crippen LogP contribution in [-0.2, 0) is 16.0 Å². The Balaban J connectivity index is 1.67. The smallest absolute Gasteiger partial charge is 0.278 e. The van der Waals surface area contributed by atoms with Gasteiger partial charge >= 0.3 is 0 Å². The van der Waals surface area contributed by atoms with E-state index in [2.05, 4.69) is 5.32 Å². The highest BCUT2D eigenvalue weighted by atomic mass is 19.1. The van der Waals surface area contributed by atoms with Gasteiger partial charge in [0.05, 0.1) is 5.57 Å². The van der Waals surface area contributed by atoms with Gasteiger partial charge in [-0.1, -0.05) is 54.6 Å². The summed E-state index contributed by atoms with van der Waals surface area (Å²) in [6.45, 7) is 2.22. The number of halogens is 1. The van der Waals surface area contributed by atoms with Gasteiger partial charge in [0.25, 0.3) is 11.8 Å². The van der Waals surface area contributed by atoms with Crippen LogP contribution in [0, 0.1) is 12.7 Å². The van der Waals surface area contributed by atoms with Gasteiger partial charge in [0.2, 0.25) is 0 Å². The van der Waals surface area contributed by atoms with Crippen LogP contribution in [0.3, 0.4) is 0 Å². The molecule has 1 aliphatic rings. The minimum Gasteiger partial charge on any atom is -0.350 e. The van der Waals surface area contributed by atoms with Crippen LogP contribution in [0.15, 0.2) is 84.6 Å². The van der Waals surface area contributed by atoms with Crippen molar-refractivity contribution in [1.82, 2.24) is 4.90 Å². The number of aryl methyl sites for hydroxylation is 1. The Hall–Kier alpha value is -3.73. The molecule has 2 amide bonds. The first-order chi connectivity index (χ1) is 14.5. The van der Waals surface area contributed by atoms with Gasteiger partial charge in [-0.2, -0.15) is 0 Å². The van der Waals surface area contributed by atoms with E-state index in [1.807, 2.05) is 61.5 Å². The summed E-state index contributed by atoms with van der Waals surface area (Å²) in [6.07, 6.45) is 0.562. The molecule has 0 bridgehead atoms. The van der Waals surface area contributed by atoms with Gasteiger partial charge in [0, 0.05) is 12.2 Å². The topological polar surface area (TPSA) is 49.4 Å². The molecule has 3 aromatic rings. The molecule has 0 aromatic heterocycles. The molecule has 150 valence electrons. The Labute approximate surface area is 174 Å². The first kappa shape index (κ1) is 19.6. The van der Waals surface area contributed by atoms with Crippen molar-refractivity contribution in [3.63, 3.8) is 0 Å². The molecule has 0 fully saturated rings. The molecule has 4 rings (SSSR count). The zero-order valence-electron chi connectivity index (χ0n) is 16.6. The predicted molar refractivity (Wildman–Crippen MR) is 115 cm³/mol. The third kappa shape index (κ3) is 4.01. The average molecular weight is 400 g/mol. The number of imide groups is 1. The summed E-state index contributed by atoms with van der Waals surface area (Å²) >= 11 is 0. The highest BCUT2D eigenvalue weighted by Gasteiger charge is 2.38. The number of nitrogens with zero attached hydrogens (tertiary/aromatic N) is 1. The molecule has 0 saturated heterocycles. The van der Waals surface area contributed by atoms with Crippen molar-refractivity contribution < 1.29 is 14.0 Å². The van der Waals surface area contributed by atoms with E-state index < -0.39 is 5.82 Å². The third-order valence-corrected chi connectivity index (χ3v) is 5.06. The van der Waals surface area contributed by atoms with E-state index in [9.17, 15) is 14.0 Å².